The highest BCUT2D eigenvalue weighted by atomic mass is 32.1. The number of para-hydroxylation sites is 2. The first-order valence-corrected chi connectivity index (χ1v) is 8.45. The predicted octanol–water partition coefficient (Wildman–Crippen LogP) is 3.29. The van der Waals surface area contributed by atoms with Crippen molar-refractivity contribution < 1.29 is 14.3 Å². The Hall–Kier alpha value is -2.21. The predicted molar refractivity (Wildman–Crippen MR) is 90.2 cm³/mol. The molecule has 1 N–H and O–H groups in total. The van der Waals surface area contributed by atoms with Crippen LogP contribution < -0.4 is 14.8 Å². The van der Waals surface area contributed by atoms with Crippen LogP contribution >= 0.6 is 11.3 Å². The van der Waals surface area contributed by atoms with Gasteiger partial charge in [0.1, 0.15) is 6.61 Å². The largest absolute Gasteiger partial charge is 0.486 e. The van der Waals surface area contributed by atoms with Crippen LogP contribution in [0.25, 0.3) is 0 Å². The number of benzene rings is 1. The van der Waals surface area contributed by atoms with Crippen LogP contribution in [0.1, 0.15) is 17.8 Å². The summed E-state index contributed by atoms with van der Waals surface area (Å²) in [6, 6.07) is 11.5. The summed E-state index contributed by atoms with van der Waals surface area (Å²) in [5.74, 6) is 1.48. The smallest absolute Gasteiger partial charge is 0.317 e. The molecule has 3 rings (SSSR count). The Balaban J connectivity index is 1.53. The molecule has 2 atom stereocenters. The molecule has 0 spiro atoms. The van der Waals surface area contributed by atoms with Crippen LogP contribution in [0.15, 0.2) is 41.8 Å². The van der Waals surface area contributed by atoms with E-state index in [0.717, 1.165) is 16.4 Å². The summed E-state index contributed by atoms with van der Waals surface area (Å²) in [6.45, 7) is 2.89. The van der Waals surface area contributed by atoms with E-state index in [1.165, 1.54) is 0 Å². The third-order valence-electron chi connectivity index (χ3n) is 3.70. The van der Waals surface area contributed by atoms with E-state index in [0.29, 0.717) is 13.2 Å². The number of rotatable bonds is 4. The lowest BCUT2D eigenvalue weighted by molar-refractivity contribution is 0.0713. The van der Waals surface area contributed by atoms with Crippen LogP contribution in [0.3, 0.4) is 0 Å². The zero-order chi connectivity index (χ0) is 16.2. The van der Waals surface area contributed by atoms with Crippen molar-refractivity contribution in [2.45, 2.75) is 19.1 Å². The second-order valence-corrected chi connectivity index (χ2v) is 6.54. The van der Waals surface area contributed by atoms with Crippen molar-refractivity contribution in [1.29, 1.82) is 0 Å². The van der Waals surface area contributed by atoms with Gasteiger partial charge in [0, 0.05) is 11.9 Å². The van der Waals surface area contributed by atoms with Crippen LogP contribution in [0.2, 0.25) is 0 Å². The Kier molecular flexibility index (Phi) is 4.71. The molecule has 1 aromatic heterocycles. The van der Waals surface area contributed by atoms with Gasteiger partial charge in [-0.2, -0.15) is 0 Å². The molecular weight excluding hydrogens is 312 g/mol. The molecule has 122 valence electrons. The Morgan fingerprint density at radius 2 is 2.13 bits per heavy atom. The van der Waals surface area contributed by atoms with E-state index in [-0.39, 0.29) is 18.2 Å². The Morgan fingerprint density at radius 3 is 2.87 bits per heavy atom. The van der Waals surface area contributed by atoms with E-state index in [2.05, 4.69) is 5.32 Å². The molecule has 2 amide bonds. The first-order valence-electron chi connectivity index (χ1n) is 7.57. The summed E-state index contributed by atoms with van der Waals surface area (Å²) >= 11 is 1.63. The number of hydrogen-bond acceptors (Lipinski definition) is 4. The quantitative estimate of drug-likeness (QED) is 0.935. The van der Waals surface area contributed by atoms with Crippen molar-refractivity contribution in [3.63, 3.8) is 0 Å². The van der Waals surface area contributed by atoms with Gasteiger partial charge in [-0.1, -0.05) is 18.2 Å². The molecule has 0 bridgehead atoms. The Labute approximate surface area is 139 Å². The van der Waals surface area contributed by atoms with Crippen LogP contribution in [0.4, 0.5) is 4.79 Å². The Bertz CT molecular complexity index is 660. The number of carbonyl (C=O) groups excluding carboxylic acids is 1. The van der Waals surface area contributed by atoms with E-state index in [1.807, 2.05) is 48.7 Å². The monoisotopic (exact) mass is 332 g/mol. The fourth-order valence-electron chi connectivity index (χ4n) is 2.45. The van der Waals surface area contributed by atoms with Gasteiger partial charge in [-0.05, 0) is 30.5 Å². The van der Waals surface area contributed by atoms with Crippen LogP contribution in [0, 0.1) is 0 Å². The minimum absolute atomic E-state index is 0.00537. The molecule has 0 unspecified atom stereocenters. The summed E-state index contributed by atoms with van der Waals surface area (Å²) < 4.78 is 11.6. The van der Waals surface area contributed by atoms with Gasteiger partial charge >= 0.3 is 6.03 Å². The fourth-order valence-corrected chi connectivity index (χ4v) is 3.18. The van der Waals surface area contributed by atoms with E-state index in [4.69, 9.17) is 9.47 Å². The second-order valence-electron chi connectivity index (χ2n) is 5.56. The van der Waals surface area contributed by atoms with Gasteiger partial charge in [0.05, 0.1) is 12.6 Å². The van der Waals surface area contributed by atoms with Crippen LogP contribution in [-0.2, 0) is 0 Å². The standard InChI is InChI=1S/C17H20N2O3S/c1-12(16-8-5-9-23-16)18-17(20)19(2)10-13-11-21-14-6-3-4-7-15(14)22-13/h3-9,12-13H,10-11H2,1-2H3,(H,18,20)/t12-,13+/m0/s1. The molecule has 23 heavy (non-hydrogen) atoms. The molecule has 0 saturated heterocycles. The summed E-state index contributed by atoms with van der Waals surface area (Å²) in [5, 5.41) is 5.00. The van der Waals surface area contributed by atoms with Crippen LogP contribution in [0.5, 0.6) is 11.5 Å². The van der Waals surface area contributed by atoms with Gasteiger partial charge in [-0.15, -0.1) is 11.3 Å². The van der Waals surface area contributed by atoms with Crippen molar-refractivity contribution in [1.82, 2.24) is 10.2 Å². The van der Waals surface area contributed by atoms with E-state index in [1.54, 1.807) is 23.3 Å². The van der Waals surface area contributed by atoms with Crippen LogP contribution in [-0.4, -0.2) is 37.2 Å². The number of amides is 2. The lowest BCUT2D eigenvalue weighted by atomic mass is 10.2. The third kappa shape index (κ3) is 3.76. The number of urea groups is 1. The molecule has 6 heteroatoms. The number of thiophene rings is 1. The van der Waals surface area contributed by atoms with E-state index in [9.17, 15) is 4.79 Å². The average Bonchev–Trinajstić information content (AvgIpc) is 3.09. The minimum Gasteiger partial charge on any atom is -0.486 e. The number of carbonyl (C=O) groups is 1. The van der Waals surface area contributed by atoms with Gasteiger partial charge in [-0.25, -0.2) is 4.79 Å². The zero-order valence-corrected chi connectivity index (χ0v) is 14.0. The second kappa shape index (κ2) is 6.91. The first-order chi connectivity index (χ1) is 11.1. The summed E-state index contributed by atoms with van der Waals surface area (Å²) in [5.41, 5.74) is 0. The molecule has 0 aliphatic carbocycles. The van der Waals surface area contributed by atoms with E-state index < -0.39 is 0 Å². The highest BCUT2D eigenvalue weighted by molar-refractivity contribution is 7.10. The normalized spacial score (nSPS) is 17.4. The number of nitrogens with one attached hydrogen (secondary N) is 1. The number of fused-ring (bicyclic) bond motifs is 1. The van der Waals surface area contributed by atoms with Gasteiger partial charge in [0.25, 0.3) is 0 Å². The third-order valence-corrected chi connectivity index (χ3v) is 4.76. The molecule has 0 saturated carbocycles. The molecule has 2 aromatic rings. The molecule has 2 heterocycles. The highest BCUT2D eigenvalue weighted by Crippen LogP contribution is 2.31. The minimum atomic E-state index is -0.169. The lowest BCUT2D eigenvalue weighted by Crippen LogP contribution is -2.46. The van der Waals surface area contributed by atoms with Gasteiger partial charge in [0.2, 0.25) is 0 Å². The zero-order valence-electron chi connectivity index (χ0n) is 13.2. The van der Waals surface area contributed by atoms with Crippen molar-refractivity contribution in [2.24, 2.45) is 0 Å². The fraction of sp³-hybridized carbons (Fsp3) is 0.353. The summed E-state index contributed by atoms with van der Waals surface area (Å²) in [7, 11) is 1.76. The van der Waals surface area contributed by atoms with Crippen molar-refractivity contribution in [3.05, 3.63) is 46.7 Å². The summed E-state index contributed by atoms with van der Waals surface area (Å²) in [6.07, 6.45) is -0.169. The van der Waals surface area contributed by atoms with Crippen molar-refractivity contribution in [3.8, 4) is 11.5 Å². The number of hydrogen-bond donors (Lipinski definition) is 1. The molecule has 1 aliphatic rings. The lowest BCUT2D eigenvalue weighted by Gasteiger charge is -2.30. The Morgan fingerprint density at radius 1 is 1.35 bits per heavy atom. The highest BCUT2D eigenvalue weighted by Gasteiger charge is 2.24. The number of nitrogens with zero attached hydrogens (tertiary/aromatic N) is 1. The van der Waals surface area contributed by atoms with Gasteiger partial charge in [-0.3, -0.25) is 0 Å². The molecular formula is C17H20N2O3S. The van der Waals surface area contributed by atoms with Crippen molar-refractivity contribution >= 4 is 17.4 Å². The molecule has 1 aromatic carbocycles. The molecule has 1 aliphatic heterocycles. The number of ether oxygens (including phenoxy) is 2. The topological polar surface area (TPSA) is 50.8 Å². The first kappa shape index (κ1) is 15.7. The van der Waals surface area contributed by atoms with Gasteiger partial charge < -0.3 is 19.7 Å². The van der Waals surface area contributed by atoms with Gasteiger partial charge in [0.15, 0.2) is 17.6 Å². The maximum atomic E-state index is 12.3. The number of likely N-dealkylation sites (N-methyl/N-ethyl adjacent to an activating group) is 1. The molecule has 0 fully saturated rings. The maximum Gasteiger partial charge on any atom is 0.317 e. The molecule has 0 radical (unpaired) electrons. The van der Waals surface area contributed by atoms with E-state index >= 15 is 0 Å². The average molecular weight is 332 g/mol. The molecule has 5 nitrogen and oxygen atoms in total. The summed E-state index contributed by atoms with van der Waals surface area (Å²) in [4.78, 5) is 15.1. The van der Waals surface area contributed by atoms with Crippen molar-refractivity contribution in [2.75, 3.05) is 20.2 Å². The SMILES string of the molecule is C[C@H](NC(=O)N(C)C[C@@H]1COc2ccccc2O1)c1cccs1. The maximum absolute atomic E-state index is 12.3.